The van der Waals surface area contributed by atoms with Crippen LogP contribution < -0.4 is 5.32 Å². The van der Waals surface area contributed by atoms with E-state index in [4.69, 9.17) is 4.52 Å². The monoisotopic (exact) mass is 466 g/mol. The number of rotatable bonds is 5. The average molecular weight is 467 g/mol. The van der Waals surface area contributed by atoms with Crippen molar-refractivity contribution in [1.29, 1.82) is 0 Å². The molecule has 3 aromatic heterocycles. The van der Waals surface area contributed by atoms with Gasteiger partial charge in [0.25, 0.3) is 5.91 Å². The van der Waals surface area contributed by atoms with E-state index in [1.54, 1.807) is 16.7 Å². The quantitative estimate of drug-likeness (QED) is 0.479. The number of amides is 1. The van der Waals surface area contributed by atoms with Gasteiger partial charge >= 0.3 is 0 Å². The van der Waals surface area contributed by atoms with E-state index in [0.717, 1.165) is 12.0 Å². The second-order valence-corrected chi connectivity index (χ2v) is 9.98. The van der Waals surface area contributed by atoms with Crippen molar-refractivity contribution in [3.8, 4) is 11.4 Å². The molecule has 1 aliphatic heterocycles. The zero-order valence-electron chi connectivity index (χ0n) is 18.1. The Morgan fingerprint density at radius 3 is 2.91 bits per heavy atom. The molecule has 5 rings (SSSR count). The minimum Gasteiger partial charge on any atom is -0.337 e. The van der Waals surface area contributed by atoms with Crippen molar-refractivity contribution in [2.75, 3.05) is 18.1 Å². The Morgan fingerprint density at radius 2 is 2.09 bits per heavy atom. The van der Waals surface area contributed by atoms with Gasteiger partial charge in [-0.25, -0.2) is 13.4 Å². The van der Waals surface area contributed by atoms with Crippen LogP contribution in [0.15, 0.2) is 53.3 Å². The Hall–Kier alpha value is -3.57. The lowest BCUT2D eigenvalue weighted by Gasteiger charge is -2.18. The molecule has 1 amide bonds. The number of hydrogen-bond donors (Lipinski definition) is 1. The second-order valence-electron chi connectivity index (χ2n) is 8.04. The van der Waals surface area contributed by atoms with Crippen LogP contribution in [0.2, 0.25) is 0 Å². The summed E-state index contributed by atoms with van der Waals surface area (Å²) in [4.78, 5) is 21.6. The third-order valence-electron chi connectivity index (χ3n) is 5.75. The summed E-state index contributed by atoms with van der Waals surface area (Å²) in [6, 6.07) is 10.5. The van der Waals surface area contributed by atoms with E-state index in [9.17, 15) is 13.2 Å². The van der Waals surface area contributed by atoms with Crippen molar-refractivity contribution in [2.45, 2.75) is 25.8 Å². The Balaban J connectivity index is 1.41. The van der Waals surface area contributed by atoms with Crippen LogP contribution in [0.3, 0.4) is 0 Å². The first-order chi connectivity index (χ1) is 15.8. The van der Waals surface area contributed by atoms with Gasteiger partial charge in [0.2, 0.25) is 21.7 Å². The third-order valence-corrected chi connectivity index (χ3v) is 7.04. The van der Waals surface area contributed by atoms with Crippen molar-refractivity contribution < 1.29 is 17.7 Å². The van der Waals surface area contributed by atoms with Crippen molar-refractivity contribution in [1.82, 2.24) is 23.8 Å². The van der Waals surface area contributed by atoms with Gasteiger partial charge in [0, 0.05) is 24.0 Å². The summed E-state index contributed by atoms with van der Waals surface area (Å²) < 4.78 is 32.6. The summed E-state index contributed by atoms with van der Waals surface area (Å²) in [5.41, 5.74) is 3.21. The molecule has 1 saturated heterocycles. The maximum atomic E-state index is 12.9. The van der Waals surface area contributed by atoms with Gasteiger partial charge in [-0.3, -0.25) is 9.20 Å². The summed E-state index contributed by atoms with van der Waals surface area (Å²) in [6.07, 6.45) is 5.86. The van der Waals surface area contributed by atoms with Gasteiger partial charge in [0.1, 0.15) is 17.4 Å². The number of hydrogen-bond acceptors (Lipinski definition) is 7. The van der Waals surface area contributed by atoms with E-state index in [0.29, 0.717) is 41.4 Å². The molecule has 1 N–H and O–H groups in total. The standard InChI is InChI=1S/C22H22N6O4S/c1-14-8-9-15(20-25-22(32-26-20)17-6-5-11-28(17)33(2,30)31)12-16(14)24-21(29)18-13-23-19-7-3-4-10-27(18)19/h3-4,7-10,12-13,17H,5-6,11H2,1-2H3,(H,24,29)/t17-/m0/s1. The first kappa shape index (κ1) is 21.3. The van der Waals surface area contributed by atoms with Gasteiger partial charge in [0.05, 0.1) is 12.5 Å². The topological polar surface area (TPSA) is 123 Å². The molecule has 10 nitrogen and oxygen atoms in total. The van der Waals surface area contributed by atoms with E-state index in [1.165, 1.54) is 16.8 Å². The minimum absolute atomic E-state index is 0.268. The number of carbonyl (C=O) groups excluding carboxylic acids is 1. The highest BCUT2D eigenvalue weighted by atomic mass is 32.2. The van der Waals surface area contributed by atoms with Crippen LogP contribution in [0.25, 0.3) is 17.0 Å². The highest BCUT2D eigenvalue weighted by Crippen LogP contribution is 2.34. The molecule has 170 valence electrons. The molecular formula is C22H22N6O4S. The highest BCUT2D eigenvalue weighted by molar-refractivity contribution is 7.88. The number of aromatic nitrogens is 4. The SMILES string of the molecule is Cc1ccc(-c2noc([C@@H]3CCCN3S(C)(=O)=O)n2)cc1NC(=O)c1cnc2ccccn12. The summed E-state index contributed by atoms with van der Waals surface area (Å²) in [5, 5.41) is 6.98. The molecule has 0 saturated carbocycles. The fourth-order valence-electron chi connectivity index (χ4n) is 4.05. The van der Waals surface area contributed by atoms with Gasteiger partial charge in [-0.15, -0.1) is 0 Å². The zero-order chi connectivity index (χ0) is 23.2. The van der Waals surface area contributed by atoms with Crippen molar-refractivity contribution in [3.63, 3.8) is 0 Å². The number of nitrogens with one attached hydrogen (secondary N) is 1. The number of benzene rings is 1. The fraction of sp³-hybridized carbons (Fsp3) is 0.273. The van der Waals surface area contributed by atoms with Crippen LogP contribution in [-0.4, -0.2) is 51.0 Å². The maximum Gasteiger partial charge on any atom is 0.274 e. The number of sulfonamides is 1. The van der Waals surface area contributed by atoms with Gasteiger partial charge < -0.3 is 9.84 Å². The zero-order valence-corrected chi connectivity index (χ0v) is 18.9. The van der Waals surface area contributed by atoms with Crippen LogP contribution in [0.1, 0.15) is 40.8 Å². The molecule has 4 aromatic rings. The second kappa shape index (κ2) is 8.09. The first-order valence-corrected chi connectivity index (χ1v) is 12.3. The van der Waals surface area contributed by atoms with Crippen LogP contribution in [0.4, 0.5) is 5.69 Å². The maximum absolute atomic E-state index is 12.9. The Bertz CT molecular complexity index is 1460. The molecule has 1 aliphatic rings. The average Bonchev–Trinajstić information content (AvgIpc) is 3.53. The summed E-state index contributed by atoms with van der Waals surface area (Å²) >= 11 is 0. The molecular weight excluding hydrogens is 444 g/mol. The van der Waals surface area contributed by atoms with Crippen molar-refractivity contribution >= 4 is 27.3 Å². The van der Waals surface area contributed by atoms with E-state index >= 15 is 0 Å². The number of imidazole rings is 1. The predicted octanol–water partition coefficient (Wildman–Crippen LogP) is 3.04. The molecule has 0 unspecified atom stereocenters. The molecule has 4 heterocycles. The summed E-state index contributed by atoms with van der Waals surface area (Å²) in [5.74, 6) is 0.304. The first-order valence-electron chi connectivity index (χ1n) is 10.5. The summed E-state index contributed by atoms with van der Waals surface area (Å²) in [6.45, 7) is 2.32. The smallest absolute Gasteiger partial charge is 0.274 e. The molecule has 0 aliphatic carbocycles. The molecule has 0 radical (unpaired) electrons. The van der Waals surface area contributed by atoms with E-state index in [1.807, 2.05) is 37.3 Å². The largest absolute Gasteiger partial charge is 0.337 e. The lowest BCUT2D eigenvalue weighted by molar-refractivity contribution is 0.102. The van der Waals surface area contributed by atoms with Crippen molar-refractivity contribution in [3.05, 3.63) is 65.9 Å². The van der Waals surface area contributed by atoms with Crippen LogP contribution in [0.5, 0.6) is 0 Å². The number of pyridine rings is 1. The van der Waals surface area contributed by atoms with Gasteiger partial charge in [-0.1, -0.05) is 23.4 Å². The number of nitrogens with zero attached hydrogens (tertiary/aromatic N) is 5. The summed E-state index contributed by atoms with van der Waals surface area (Å²) in [7, 11) is -3.37. The van der Waals surface area contributed by atoms with Gasteiger partial charge in [-0.2, -0.15) is 9.29 Å². The predicted molar refractivity (Wildman–Crippen MR) is 121 cm³/mol. The van der Waals surface area contributed by atoms with Gasteiger partial charge in [-0.05, 0) is 43.5 Å². The van der Waals surface area contributed by atoms with Crippen LogP contribution in [0, 0.1) is 6.92 Å². The van der Waals surface area contributed by atoms with E-state index in [-0.39, 0.29) is 11.8 Å². The lowest BCUT2D eigenvalue weighted by Crippen LogP contribution is -2.29. The Kier molecular flexibility index (Phi) is 5.22. The molecule has 33 heavy (non-hydrogen) atoms. The molecule has 0 bridgehead atoms. The van der Waals surface area contributed by atoms with Gasteiger partial charge in [0.15, 0.2) is 0 Å². The highest BCUT2D eigenvalue weighted by Gasteiger charge is 2.36. The van der Waals surface area contributed by atoms with Crippen LogP contribution in [-0.2, 0) is 10.0 Å². The minimum atomic E-state index is -3.37. The van der Waals surface area contributed by atoms with Crippen molar-refractivity contribution in [2.24, 2.45) is 0 Å². The fourth-order valence-corrected chi connectivity index (χ4v) is 5.17. The Labute approximate surface area is 190 Å². The number of anilines is 1. The third kappa shape index (κ3) is 4.00. The van der Waals surface area contributed by atoms with Crippen LogP contribution >= 0.6 is 0 Å². The molecule has 1 fully saturated rings. The van der Waals surface area contributed by atoms with E-state index in [2.05, 4.69) is 20.4 Å². The van der Waals surface area contributed by atoms with E-state index < -0.39 is 16.1 Å². The Morgan fingerprint density at radius 1 is 1.24 bits per heavy atom. The molecule has 1 atom stereocenters. The normalized spacial score (nSPS) is 17.0. The molecule has 1 aromatic carbocycles. The number of fused-ring (bicyclic) bond motifs is 1. The molecule has 11 heteroatoms. The molecule has 0 spiro atoms. The lowest BCUT2D eigenvalue weighted by atomic mass is 10.1. The number of aryl methyl sites for hydroxylation is 1. The number of carbonyl (C=O) groups is 1.